The van der Waals surface area contributed by atoms with Crippen molar-refractivity contribution in [2.75, 3.05) is 36.0 Å². The van der Waals surface area contributed by atoms with Crippen LogP contribution in [0.3, 0.4) is 0 Å². The van der Waals surface area contributed by atoms with Crippen LogP contribution in [0.4, 0.5) is 24.9 Å². The lowest BCUT2D eigenvalue weighted by atomic mass is 9.85. The van der Waals surface area contributed by atoms with Crippen LogP contribution in [-0.4, -0.2) is 36.4 Å². The number of hydrogen-bond donors (Lipinski definition) is 0. The fourth-order valence-corrected chi connectivity index (χ4v) is 3.21. The monoisotopic (exact) mass is 352 g/mol. The molecule has 0 bridgehead atoms. The molecule has 1 aliphatic heterocycles. The van der Waals surface area contributed by atoms with Crippen molar-refractivity contribution in [1.82, 2.24) is 10.2 Å². The predicted molar refractivity (Wildman–Crippen MR) is 86.8 cm³/mol. The molecule has 4 rings (SSSR count). The van der Waals surface area contributed by atoms with Gasteiger partial charge in [0.05, 0.1) is 5.56 Å². The molecular formula is C17H19F3N4O. The summed E-state index contributed by atoms with van der Waals surface area (Å²) < 4.78 is 44.4. The molecule has 1 aliphatic carbocycles. The van der Waals surface area contributed by atoms with Crippen LogP contribution in [0, 0.1) is 0 Å². The number of alkyl halides is 3. The summed E-state index contributed by atoms with van der Waals surface area (Å²) in [5.41, 5.74) is -0.0235. The molecule has 1 aromatic heterocycles. The minimum absolute atomic E-state index is 0.396. The van der Waals surface area contributed by atoms with Crippen LogP contribution in [0.5, 0.6) is 0 Å². The van der Waals surface area contributed by atoms with E-state index < -0.39 is 11.7 Å². The highest BCUT2D eigenvalue weighted by molar-refractivity contribution is 5.50. The van der Waals surface area contributed by atoms with Crippen molar-refractivity contribution in [3.63, 3.8) is 0 Å². The maximum Gasteiger partial charge on any atom is 0.416 e. The Morgan fingerprint density at radius 1 is 1.00 bits per heavy atom. The molecule has 2 heterocycles. The molecule has 2 aromatic rings. The highest BCUT2D eigenvalue weighted by Crippen LogP contribution is 2.36. The van der Waals surface area contributed by atoms with Crippen molar-refractivity contribution >= 4 is 11.7 Å². The van der Waals surface area contributed by atoms with Crippen LogP contribution in [-0.2, 0) is 6.18 Å². The summed E-state index contributed by atoms with van der Waals surface area (Å²) in [6.45, 7) is 2.51. The first-order valence-corrected chi connectivity index (χ1v) is 8.51. The van der Waals surface area contributed by atoms with Crippen LogP contribution >= 0.6 is 0 Å². The van der Waals surface area contributed by atoms with Crippen LogP contribution < -0.4 is 9.80 Å². The second-order valence-corrected chi connectivity index (χ2v) is 6.57. The highest BCUT2D eigenvalue weighted by atomic mass is 19.4. The molecule has 5 nitrogen and oxygen atoms in total. The van der Waals surface area contributed by atoms with Crippen LogP contribution in [0.2, 0.25) is 0 Å². The minimum Gasteiger partial charge on any atom is -0.408 e. The number of hydrogen-bond acceptors (Lipinski definition) is 5. The fourth-order valence-electron chi connectivity index (χ4n) is 3.21. The molecule has 8 heteroatoms. The number of piperazine rings is 1. The predicted octanol–water partition coefficient (Wildman–Crippen LogP) is 3.68. The maximum absolute atomic E-state index is 12.9. The SMILES string of the molecule is FC(F)(F)c1cccc(N2CCN(c3nnc(C4CCC4)o3)CC2)c1. The van der Waals surface area contributed by atoms with Crippen molar-refractivity contribution in [1.29, 1.82) is 0 Å². The Morgan fingerprint density at radius 2 is 1.72 bits per heavy atom. The Labute approximate surface area is 143 Å². The molecule has 1 aromatic carbocycles. The topological polar surface area (TPSA) is 45.4 Å². The van der Waals surface area contributed by atoms with Gasteiger partial charge in [0, 0.05) is 37.8 Å². The first kappa shape index (κ1) is 16.2. The number of nitrogens with zero attached hydrogens (tertiary/aromatic N) is 4. The van der Waals surface area contributed by atoms with Gasteiger partial charge in [0.2, 0.25) is 5.89 Å². The zero-order valence-corrected chi connectivity index (χ0v) is 13.7. The van der Waals surface area contributed by atoms with Gasteiger partial charge in [-0.3, -0.25) is 0 Å². The lowest BCUT2D eigenvalue weighted by Crippen LogP contribution is -2.46. The van der Waals surface area contributed by atoms with Gasteiger partial charge in [-0.1, -0.05) is 17.6 Å². The quantitative estimate of drug-likeness (QED) is 0.843. The maximum atomic E-state index is 12.9. The molecule has 134 valence electrons. The Balaban J connectivity index is 1.40. The van der Waals surface area contributed by atoms with E-state index in [1.807, 2.05) is 9.80 Å². The molecule has 2 fully saturated rings. The molecular weight excluding hydrogens is 333 g/mol. The van der Waals surface area contributed by atoms with E-state index in [0.717, 1.165) is 18.9 Å². The van der Waals surface area contributed by atoms with E-state index in [0.29, 0.717) is 49.7 Å². The summed E-state index contributed by atoms with van der Waals surface area (Å²) >= 11 is 0. The Hall–Kier alpha value is -2.25. The van der Waals surface area contributed by atoms with Gasteiger partial charge in [0.1, 0.15) is 0 Å². The van der Waals surface area contributed by atoms with E-state index >= 15 is 0 Å². The number of aromatic nitrogens is 2. The van der Waals surface area contributed by atoms with E-state index in [-0.39, 0.29) is 0 Å². The van der Waals surface area contributed by atoms with Gasteiger partial charge in [-0.25, -0.2) is 0 Å². The van der Waals surface area contributed by atoms with Crippen molar-refractivity contribution in [3.8, 4) is 0 Å². The van der Waals surface area contributed by atoms with Crippen molar-refractivity contribution in [3.05, 3.63) is 35.7 Å². The summed E-state index contributed by atoms with van der Waals surface area (Å²) in [6.07, 6.45) is -0.909. The molecule has 1 saturated heterocycles. The molecule has 0 N–H and O–H groups in total. The first-order valence-electron chi connectivity index (χ1n) is 8.51. The standard InChI is InChI=1S/C17H19F3N4O/c18-17(19,20)13-5-2-6-14(11-13)23-7-9-24(10-8-23)16-22-21-15(25-16)12-3-1-4-12/h2,5-6,11-12H,1,3-4,7-10H2. The third-order valence-corrected chi connectivity index (χ3v) is 4.97. The van der Waals surface area contributed by atoms with E-state index in [2.05, 4.69) is 10.2 Å². The zero-order chi connectivity index (χ0) is 17.4. The van der Waals surface area contributed by atoms with E-state index in [1.54, 1.807) is 6.07 Å². The van der Waals surface area contributed by atoms with Gasteiger partial charge >= 0.3 is 12.2 Å². The van der Waals surface area contributed by atoms with Gasteiger partial charge in [-0.2, -0.15) is 13.2 Å². The zero-order valence-electron chi connectivity index (χ0n) is 13.7. The van der Waals surface area contributed by atoms with Crippen LogP contribution in [0.1, 0.15) is 36.6 Å². The smallest absolute Gasteiger partial charge is 0.408 e. The Morgan fingerprint density at radius 3 is 2.36 bits per heavy atom. The highest BCUT2D eigenvalue weighted by Gasteiger charge is 2.31. The number of anilines is 2. The molecule has 1 saturated carbocycles. The molecule has 2 aliphatic rings. The second kappa shape index (κ2) is 6.24. The van der Waals surface area contributed by atoms with Gasteiger partial charge in [0.15, 0.2) is 0 Å². The largest absolute Gasteiger partial charge is 0.416 e. The average molecular weight is 352 g/mol. The lowest BCUT2D eigenvalue weighted by Gasteiger charge is -2.35. The molecule has 0 amide bonds. The minimum atomic E-state index is -4.32. The van der Waals surface area contributed by atoms with E-state index in [4.69, 9.17) is 4.42 Å². The molecule has 0 unspecified atom stereocenters. The first-order chi connectivity index (χ1) is 12.0. The molecule has 0 atom stereocenters. The summed E-state index contributed by atoms with van der Waals surface area (Å²) in [6, 6.07) is 5.99. The normalized spacial score (nSPS) is 19.2. The Kier molecular flexibility index (Phi) is 4.05. The summed E-state index contributed by atoms with van der Waals surface area (Å²) in [4.78, 5) is 3.95. The molecule has 0 spiro atoms. The number of rotatable bonds is 3. The average Bonchev–Trinajstić information content (AvgIpc) is 3.02. The second-order valence-electron chi connectivity index (χ2n) is 6.57. The summed E-state index contributed by atoms with van der Waals surface area (Å²) in [7, 11) is 0. The van der Waals surface area contributed by atoms with Gasteiger partial charge in [0.25, 0.3) is 0 Å². The molecule has 0 radical (unpaired) electrons. The summed E-state index contributed by atoms with van der Waals surface area (Å²) in [5, 5.41) is 8.26. The number of halogens is 3. The van der Waals surface area contributed by atoms with Crippen LogP contribution in [0.25, 0.3) is 0 Å². The van der Waals surface area contributed by atoms with Crippen molar-refractivity contribution < 1.29 is 17.6 Å². The third-order valence-electron chi connectivity index (χ3n) is 4.97. The van der Waals surface area contributed by atoms with E-state index in [1.165, 1.54) is 18.6 Å². The van der Waals surface area contributed by atoms with Gasteiger partial charge in [-0.15, -0.1) is 5.10 Å². The fraction of sp³-hybridized carbons (Fsp3) is 0.529. The van der Waals surface area contributed by atoms with Gasteiger partial charge < -0.3 is 14.2 Å². The van der Waals surface area contributed by atoms with E-state index in [9.17, 15) is 13.2 Å². The van der Waals surface area contributed by atoms with Crippen molar-refractivity contribution in [2.45, 2.75) is 31.4 Å². The van der Waals surface area contributed by atoms with Gasteiger partial charge in [-0.05, 0) is 31.0 Å². The molecule has 25 heavy (non-hydrogen) atoms. The van der Waals surface area contributed by atoms with Crippen LogP contribution in [0.15, 0.2) is 28.7 Å². The lowest BCUT2D eigenvalue weighted by molar-refractivity contribution is -0.137. The number of benzene rings is 1. The summed E-state index contributed by atoms with van der Waals surface area (Å²) in [5.74, 6) is 1.11. The third kappa shape index (κ3) is 3.29. The van der Waals surface area contributed by atoms with Crippen molar-refractivity contribution in [2.24, 2.45) is 0 Å². The Bertz CT molecular complexity index is 733.